The molecule has 4 nitrogen and oxygen atoms in total. The molecule has 0 aliphatic rings. The number of hydrogen-bond acceptors (Lipinski definition) is 3. The normalized spacial score (nSPS) is 12.1. The van der Waals surface area contributed by atoms with E-state index in [4.69, 9.17) is 14.1 Å². The summed E-state index contributed by atoms with van der Waals surface area (Å²) in [5, 5.41) is 1.96. The molecule has 0 bridgehead atoms. The second-order valence-corrected chi connectivity index (χ2v) is 7.04. The smallest absolute Gasteiger partial charge is 0.137 e. The van der Waals surface area contributed by atoms with Crippen LogP contribution >= 0.6 is 0 Å². The Balaban J connectivity index is 2.07. The highest BCUT2D eigenvalue weighted by Crippen LogP contribution is 2.25. The van der Waals surface area contributed by atoms with Crippen molar-refractivity contribution >= 4 is 11.0 Å². The molecule has 28 heavy (non-hydrogen) atoms. The molecule has 0 unspecified atom stereocenters. The summed E-state index contributed by atoms with van der Waals surface area (Å²) in [5.74, 6) is 1.68. The molecule has 3 rings (SSSR count). The monoisotopic (exact) mass is 379 g/mol. The molecule has 148 valence electrons. The van der Waals surface area contributed by atoms with E-state index < -0.39 is 0 Å². The minimum atomic E-state index is 0.641. The number of aryl methyl sites for hydroxylation is 1. The second-order valence-electron chi connectivity index (χ2n) is 7.04. The first-order valence-corrected chi connectivity index (χ1v) is 10.3. The van der Waals surface area contributed by atoms with Gasteiger partial charge in [-0.1, -0.05) is 29.8 Å². The molecular weight excluding hydrogens is 348 g/mol. The van der Waals surface area contributed by atoms with E-state index in [1.54, 1.807) is 4.90 Å². The van der Waals surface area contributed by atoms with Gasteiger partial charge in [0.05, 0.1) is 38.1 Å². The average molecular weight is 380 g/mol. The van der Waals surface area contributed by atoms with Crippen LogP contribution in [0.15, 0.2) is 57.9 Å². The molecule has 0 aliphatic heterocycles. The molecule has 3 aromatic rings. The lowest BCUT2D eigenvalue weighted by atomic mass is 10.1. The minimum Gasteiger partial charge on any atom is -0.494 e. The summed E-state index contributed by atoms with van der Waals surface area (Å²) >= 11 is 0. The summed E-state index contributed by atoms with van der Waals surface area (Å²) in [4.78, 5) is 6.50. The van der Waals surface area contributed by atoms with Gasteiger partial charge in [-0.3, -0.25) is 4.99 Å². The van der Waals surface area contributed by atoms with Crippen LogP contribution in [0.5, 0.6) is 5.75 Å². The van der Waals surface area contributed by atoms with Gasteiger partial charge >= 0.3 is 0 Å². The van der Waals surface area contributed by atoms with Crippen LogP contribution in [0.3, 0.4) is 0 Å². The van der Waals surface area contributed by atoms with Gasteiger partial charge in [0, 0.05) is 17.0 Å². The number of likely N-dealkylation sites (N-methyl/N-ethyl adjacent to an activating group) is 1. The van der Waals surface area contributed by atoms with Gasteiger partial charge in [0.15, 0.2) is 0 Å². The lowest BCUT2D eigenvalue weighted by Crippen LogP contribution is -3.11. The lowest BCUT2D eigenvalue weighted by molar-refractivity contribution is -0.894. The van der Waals surface area contributed by atoms with Gasteiger partial charge in [0.1, 0.15) is 17.1 Å². The van der Waals surface area contributed by atoms with Gasteiger partial charge in [-0.2, -0.15) is 0 Å². The van der Waals surface area contributed by atoms with Gasteiger partial charge in [-0.05, 0) is 45.9 Å². The Morgan fingerprint density at radius 3 is 2.39 bits per heavy atom. The third kappa shape index (κ3) is 4.82. The third-order valence-corrected chi connectivity index (χ3v) is 5.11. The van der Waals surface area contributed by atoms with Crippen molar-refractivity contribution in [2.75, 3.05) is 32.8 Å². The number of rotatable bonds is 8. The van der Waals surface area contributed by atoms with Crippen LogP contribution in [-0.2, 0) is 0 Å². The van der Waals surface area contributed by atoms with Crippen LogP contribution in [0.1, 0.15) is 26.3 Å². The molecule has 0 atom stereocenters. The Labute approximate surface area is 167 Å². The first-order chi connectivity index (χ1) is 13.6. The number of quaternary nitrogens is 1. The summed E-state index contributed by atoms with van der Waals surface area (Å²) in [6.07, 6.45) is 0. The minimum absolute atomic E-state index is 0.641. The zero-order valence-electron chi connectivity index (χ0n) is 17.4. The summed E-state index contributed by atoms with van der Waals surface area (Å²) in [7, 11) is 0. The van der Waals surface area contributed by atoms with Crippen LogP contribution < -0.4 is 15.0 Å². The van der Waals surface area contributed by atoms with E-state index in [9.17, 15) is 0 Å². The van der Waals surface area contributed by atoms with E-state index in [1.165, 1.54) is 5.56 Å². The fourth-order valence-corrected chi connectivity index (χ4v) is 3.33. The first-order valence-electron chi connectivity index (χ1n) is 10.3. The van der Waals surface area contributed by atoms with Crippen molar-refractivity contribution in [1.29, 1.82) is 0 Å². The zero-order chi connectivity index (χ0) is 19.9. The highest BCUT2D eigenvalue weighted by molar-refractivity contribution is 5.80. The van der Waals surface area contributed by atoms with Crippen molar-refractivity contribution in [1.82, 2.24) is 0 Å². The number of ether oxygens (including phenoxy) is 1. The van der Waals surface area contributed by atoms with Crippen molar-refractivity contribution in [2.45, 2.75) is 27.7 Å². The fourth-order valence-electron chi connectivity index (χ4n) is 3.33. The molecule has 4 heteroatoms. The number of nitrogens with one attached hydrogen (secondary N) is 1. The molecule has 0 aliphatic carbocycles. The highest BCUT2D eigenvalue weighted by atomic mass is 16.5. The maximum atomic E-state index is 6.21. The van der Waals surface area contributed by atoms with Gasteiger partial charge in [0.25, 0.3) is 0 Å². The van der Waals surface area contributed by atoms with E-state index in [0.29, 0.717) is 6.61 Å². The maximum absolute atomic E-state index is 6.21. The van der Waals surface area contributed by atoms with Crippen LogP contribution in [0, 0.1) is 6.92 Å². The molecule has 0 radical (unpaired) electrons. The molecule has 0 spiro atoms. The van der Waals surface area contributed by atoms with Gasteiger partial charge < -0.3 is 14.1 Å². The van der Waals surface area contributed by atoms with Crippen LogP contribution in [0.2, 0.25) is 0 Å². The van der Waals surface area contributed by atoms with Crippen LogP contribution in [0.4, 0.5) is 0 Å². The van der Waals surface area contributed by atoms with Crippen LogP contribution in [-0.4, -0.2) is 32.8 Å². The molecule has 0 fully saturated rings. The maximum Gasteiger partial charge on any atom is 0.137 e. The SMILES string of the molecule is CCOc1ccc2oc(-c3ccc(C)cc3)cc(=NCC[NH+](CC)CC)c2c1. The van der Waals surface area contributed by atoms with E-state index in [2.05, 4.69) is 51.1 Å². The van der Waals surface area contributed by atoms with Gasteiger partial charge in [0.2, 0.25) is 0 Å². The van der Waals surface area contributed by atoms with Crippen molar-refractivity contribution in [3.8, 4) is 17.1 Å². The third-order valence-electron chi connectivity index (χ3n) is 5.11. The molecule has 2 aromatic carbocycles. The number of hydrogen-bond donors (Lipinski definition) is 1. The van der Waals surface area contributed by atoms with Crippen molar-refractivity contribution in [2.24, 2.45) is 4.99 Å². The van der Waals surface area contributed by atoms with E-state index in [1.807, 2.05) is 25.1 Å². The average Bonchev–Trinajstić information content (AvgIpc) is 2.72. The number of fused-ring (bicyclic) bond motifs is 1. The van der Waals surface area contributed by atoms with E-state index in [0.717, 1.165) is 59.6 Å². The van der Waals surface area contributed by atoms with Crippen molar-refractivity contribution in [3.05, 3.63) is 59.5 Å². The Kier molecular flexibility index (Phi) is 6.88. The highest BCUT2D eigenvalue weighted by Gasteiger charge is 2.08. The Morgan fingerprint density at radius 2 is 1.71 bits per heavy atom. The van der Waals surface area contributed by atoms with E-state index >= 15 is 0 Å². The molecule has 1 heterocycles. The van der Waals surface area contributed by atoms with Gasteiger partial charge in [-0.15, -0.1) is 0 Å². The van der Waals surface area contributed by atoms with Gasteiger partial charge in [-0.25, -0.2) is 0 Å². The van der Waals surface area contributed by atoms with E-state index in [-0.39, 0.29) is 0 Å². The number of nitrogens with zero attached hydrogens (tertiary/aromatic N) is 1. The second kappa shape index (κ2) is 9.56. The molecule has 0 amide bonds. The standard InChI is InChI=1S/C24H30N2O2/c1-5-26(6-2)15-14-25-22-17-24(19-10-8-18(4)9-11-19)28-23-13-12-20(27-7-3)16-21(22)23/h8-13,16-17H,5-7,14-15H2,1-4H3/p+1. The Hall–Kier alpha value is -2.59. The Morgan fingerprint density at radius 1 is 0.964 bits per heavy atom. The first kappa shape index (κ1) is 20.2. The largest absolute Gasteiger partial charge is 0.494 e. The van der Waals surface area contributed by atoms with Crippen molar-refractivity contribution < 1.29 is 14.1 Å². The summed E-state index contributed by atoms with van der Waals surface area (Å²) < 4.78 is 11.9. The lowest BCUT2D eigenvalue weighted by Gasteiger charge is -2.13. The molecule has 1 N–H and O–H groups in total. The Bertz CT molecular complexity index is 970. The fraction of sp³-hybridized carbons (Fsp3) is 0.375. The topological polar surface area (TPSA) is 39.2 Å². The predicted molar refractivity (Wildman–Crippen MR) is 115 cm³/mol. The molecular formula is C24H31N2O2+. The molecule has 0 saturated carbocycles. The quantitative estimate of drug-likeness (QED) is 0.649. The molecule has 0 saturated heterocycles. The predicted octanol–water partition coefficient (Wildman–Crippen LogP) is 3.63. The summed E-state index contributed by atoms with van der Waals surface area (Å²) in [6, 6.07) is 16.4. The zero-order valence-corrected chi connectivity index (χ0v) is 17.4. The van der Waals surface area contributed by atoms with Crippen molar-refractivity contribution in [3.63, 3.8) is 0 Å². The van der Waals surface area contributed by atoms with Crippen LogP contribution in [0.25, 0.3) is 22.3 Å². The summed E-state index contributed by atoms with van der Waals surface area (Å²) in [6.45, 7) is 13.2. The number of benzene rings is 2. The summed E-state index contributed by atoms with van der Waals surface area (Å²) in [5.41, 5.74) is 3.13. The molecule has 1 aromatic heterocycles.